The molecule has 0 fully saturated rings. The van der Waals surface area contributed by atoms with E-state index in [9.17, 15) is 19.2 Å². The van der Waals surface area contributed by atoms with Crippen LogP contribution in [0.4, 0.5) is 0 Å². The second-order valence-electron chi connectivity index (χ2n) is 7.07. The van der Waals surface area contributed by atoms with Crippen molar-refractivity contribution in [3.05, 3.63) is 83.9 Å². The summed E-state index contributed by atoms with van der Waals surface area (Å²) in [7, 11) is 2.52. The van der Waals surface area contributed by atoms with E-state index in [1.54, 1.807) is 66.7 Å². The van der Waals surface area contributed by atoms with Crippen molar-refractivity contribution in [3.8, 4) is 0 Å². The first-order chi connectivity index (χ1) is 15.5. The molecule has 1 N–H and O–H groups in total. The second-order valence-corrected chi connectivity index (χ2v) is 7.07. The number of allylic oxidation sites excluding steroid dienone is 1. The predicted molar refractivity (Wildman–Crippen MR) is 119 cm³/mol. The molecule has 7 nitrogen and oxygen atoms in total. The van der Waals surface area contributed by atoms with Crippen LogP contribution in [0.25, 0.3) is 0 Å². The number of carbonyl (C=O) groups excluding carboxylic acids is 4. The summed E-state index contributed by atoms with van der Waals surface area (Å²) in [6, 6.07) is 16.4. The van der Waals surface area contributed by atoms with Crippen LogP contribution in [-0.2, 0) is 19.1 Å². The zero-order chi connectivity index (χ0) is 23.3. The van der Waals surface area contributed by atoms with Crippen LogP contribution in [0.15, 0.2) is 72.8 Å². The fourth-order valence-corrected chi connectivity index (χ4v) is 3.08. The van der Waals surface area contributed by atoms with Crippen molar-refractivity contribution in [1.82, 2.24) is 5.32 Å². The number of benzene rings is 2. The quantitative estimate of drug-likeness (QED) is 0.329. The van der Waals surface area contributed by atoms with Gasteiger partial charge in [-0.15, -0.1) is 0 Å². The third kappa shape index (κ3) is 7.50. The summed E-state index contributed by atoms with van der Waals surface area (Å²) < 4.78 is 9.61. The van der Waals surface area contributed by atoms with Crippen LogP contribution in [-0.4, -0.2) is 43.9 Å². The van der Waals surface area contributed by atoms with Crippen molar-refractivity contribution in [3.63, 3.8) is 0 Å². The van der Waals surface area contributed by atoms with Crippen LogP contribution < -0.4 is 5.32 Å². The van der Waals surface area contributed by atoms with Crippen molar-refractivity contribution in [2.24, 2.45) is 5.92 Å². The minimum atomic E-state index is -0.883. The molecule has 0 aliphatic rings. The molecule has 2 unspecified atom stereocenters. The molecule has 2 rings (SSSR count). The van der Waals surface area contributed by atoms with E-state index in [2.05, 4.69) is 5.32 Å². The smallest absolute Gasteiger partial charge is 0.328 e. The van der Waals surface area contributed by atoms with Crippen molar-refractivity contribution < 1.29 is 28.7 Å². The van der Waals surface area contributed by atoms with E-state index in [-0.39, 0.29) is 25.0 Å². The Labute approximate surface area is 187 Å². The van der Waals surface area contributed by atoms with E-state index >= 15 is 0 Å². The number of ether oxygens (including phenoxy) is 2. The van der Waals surface area contributed by atoms with Crippen molar-refractivity contribution in [2.75, 3.05) is 14.2 Å². The Morgan fingerprint density at radius 3 is 1.88 bits per heavy atom. The van der Waals surface area contributed by atoms with Crippen LogP contribution in [0.5, 0.6) is 0 Å². The van der Waals surface area contributed by atoms with Crippen LogP contribution in [0.3, 0.4) is 0 Å². The molecule has 2 aromatic carbocycles. The Bertz CT molecular complexity index is 862. The number of rotatable bonds is 11. The number of Topliss-reactive ketones (excluding diaryl/α,β-unsaturated/α-hetero) is 1. The second kappa shape index (κ2) is 12.8. The van der Waals surface area contributed by atoms with Gasteiger partial charge in [-0.3, -0.25) is 14.4 Å². The molecule has 0 bridgehead atoms. The van der Waals surface area contributed by atoms with Gasteiger partial charge in [-0.25, -0.2) is 4.79 Å². The van der Waals surface area contributed by atoms with Gasteiger partial charge in [0.1, 0.15) is 6.04 Å². The molecule has 168 valence electrons. The molecule has 0 spiro atoms. The van der Waals surface area contributed by atoms with Gasteiger partial charge in [0.05, 0.1) is 20.1 Å². The minimum absolute atomic E-state index is 0.00615. The van der Waals surface area contributed by atoms with Crippen molar-refractivity contribution >= 4 is 23.6 Å². The number of hydrogen-bond donors (Lipinski definition) is 1. The number of nitrogens with one attached hydrogen (secondary N) is 1. The first-order valence-electron chi connectivity index (χ1n) is 10.2. The molecule has 2 atom stereocenters. The lowest BCUT2D eigenvalue weighted by atomic mass is 9.95. The third-order valence-electron chi connectivity index (χ3n) is 4.85. The highest BCUT2D eigenvalue weighted by Crippen LogP contribution is 2.16. The normalized spacial score (nSPS) is 12.6. The Balaban J connectivity index is 1.99. The predicted octanol–water partition coefficient (Wildman–Crippen LogP) is 3.36. The highest BCUT2D eigenvalue weighted by atomic mass is 16.5. The lowest BCUT2D eigenvalue weighted by Gasteiger charge is -2.15. The summed E-state index contributed by atoms with van der Waals surface area (Å²) in [6.07, 6.45) is 3.81. The Kier molecular flexibility index (Phi) is 9.84. The summed E-state index contributed by atoms with van der Waals surface area (Å²) >= 11 is 0. The molecular weight excluding hydrogens is 410 g/mol. The van der Waals surface area contributed by atoms with Gasteiger partial charge in [0.2, 0.25) is 0 Å². The summed E-state index contributed by atoms with van der Waals surface area (Å²) in [6.45, 7) is 0. The maximum atomic E-state index is 12.5. The number of hydrogen-bond acceptors (Lipinski definition) is 6. The average Bonchev–Trinajstić information content (AvgIpc) is 2.84. The molecule has 0 aliphatic carbocycles. The van der Waals surface area contributed by atoms with E-state index in [0.29, 0.717) is 11.1 Å². The van der Waals surface area contributed by atoms with Gasteiger partial charge in [0.15, 0.2) is 5.78 Å². The summed E-state index contributed by atoms with van der Waals surface area (Å²) in [5, 5.41) is 2.65. The monoisotopic (exact) mass is 437 g/mol. The molecule has 32 heavy (non-hydrogen) atoms. The maximum Gasteiger partial charge on any atom is 0.328 e. The minimum Gasteiger partial charge on any atom is -0.469 e. The highest BCUT2D eigenvalue weighted by Gasteiger charge is 2.23. The summed E-state index contributed by atoms with van der Waals surface area (Å²) in [5.41, 5.74) is 0.954. The van der Waals surface area contributed by atoms with Gasteiger partial charge in [0.25, 0.3) is 5.91 Å². The van der Waals surface area contributed by atoms with E-state index in [4.69, 9.17) is 9.47 Å². The van der Waals surface area contributed by atoms with Gasteiger partial charge in [-0.2, -0.15) is 0 Å². The number of ketones is 1. The average molecular weight is 437 g/mol. The van der Waals surface area contributed by atoms with E-state index in [1.165, 1.54) is 14.2 Å². The van der Waals surface area contributed by atoms with Gasteiger partial charge < -0.3 is 14.8 Å². The number of amides is 1. The molecule has 1 amide bonds. The maximum absolute atomic E-state index is 12.5. The van der Waals surface area contributed by atoms with E-state index < -0.39 is 29.8 Å². The zero-order valence-corrected chi connectivity index (χ0v) is 18.2. The lowest BCUT2D eigenvalue weighted by Crippen LogP contribution is -2.41. The molecule has 0 aliphatic heterocycles. The van der Waals surface area contributed by atoms with Gasteiger partial charge >= 0.3 is 11.9 Å². The van der Waals surface area contributed by atoms with E-state index in [0.717, 1.165) is 0 Å². The zero-order valence-electron chi connectivity index (χ0n) is 18.2. The molecule has 0 heterocycles. The topological polar surface area (TPSA) is 98.8 Å². The Morgan fingerprint density at radius 1 is 0.781 bits per heavy atom. The van der Waals surface area contributed by atoms with Crippen LogP contribution >= 0.6 is 0 Å². The van der Waals surface area contributed by atoms with Crippen molar-refractivity contribution in [2.45, 2.75) is 25.3 Å². The van der Waals surface area contributed by atoms with Crippen LogP contribution in [0.1, 0.15) is 40.0 Å². The summed E-state index contributed by atoms with van der Waals surface area (Å²) in [5.74, 6) is -2.27. The molecule has 2 aromatic rings. The summed E-state index contributed by atoms with van der Waals surface area (Å²) in [4.78, 5) is 49.0. The number of esters is 2. The fraction of sp³-hybridized carbons (Fsp3) is 0.280. The third-order valence-corrected chi connectivity index (χ3v) is 4.85. The van der Waals surface area contributed by atoms with Gasteiger partial charge in [-0.1, -0.05) is 60.7 Å². The lowest BCUT2D eigenvalue weighted by molar-refractivity contribution is -0.145. The fourth-order valence-electron chi connectivity index (χ4n) is 3.08. The highest BCUT2D eigenvalue weighted by molar-refractivity contribution is 5.98. The standard InChI is InChI=1S/C25H27NO6/c1-31-24(29)20(17-22(27)18-11-5-3-6-12-18)15-9-10-16-21(25(30)32-2)26-23(28)19-13-7-4-8-14-19/h3-14,20-21H,15-17H2,1-2H3,(H,26,28)/b10-9+. The number of methoxy groups -OCH3 is 2. The van der Waals surface area contributed by atoms with E-state index in [1.807, 2.05) is 6.07 Å². The molecule has 0 saturated heterocycles. The molecule has 0 saturated carbocycles. The Morgan fingerprint density at radius 2 is 1.31 bits per heavy atom. The molecular formula is C25H27NO6. The largest absolute Gasteiger partial charge is 0.469 e. The van der Waals surface area contributed by atoms with Crippen molar-refractivity contribution in [1.29, 1.82) is 0 Å². The Hall–Kier alpha value is -3.74. The van der Waals surface area contributed by atoms with Crippen LogP contribution in [0.2, 0.25) is 0 Å². The molecule has 0 radical (unpaired) electrons. The SMILES string of the molecule is COC(=O)C(C/C=C/CC(NC(=O)c1ccccc1)C(=O)OC)CC(=O)c1ccccc1. The molecule has 0 aromatic heterocycles. The number of carbonyl (C=O) groups is 4. The van der Waals surface area contributed by atoms with Gasteiger partial charge in [-0.05, 0) is 25.0 Å². The molecule has 7 heteroatoms. The first kappa shape index (κ1) is 24.5. The first-order valence-corrected chi connectivity index (χ1v) is 10.2. The van der Waals surface area contributed by atoms with Crippen LogP contribution in [0, 0.1) is 5.92 Å². The van der Waals surface area contributed by atoms with Gasteiger partial charge in [0, 0.05) is 17.5 Å².